The van der Waals surface area contributed by atoms with Crippen LogP contribution in [0.2, 0.25) is 0 Å². The summed E-state index contributed by atoms with van der Waals surface area (Å²) >= 11 is 0. The summed E-state index contributed by atoms with van der Waals surface area (Å²) in [6, 6.07) is 19.0. The minimum atomic E-state index is 0.901. The zero-order chi connectivity index (χ0) is 18.6. The van der Waals surface area contributed by atoms with E-state index in [0.29, 0.717) is 0 Å². The summed E-state index contributed by atoms with van der Waals surface area (Å²) in [5.41, 5.74) is 5.58. The standard InChI is InChI=1S/C23H24N4/c1-3-4-14-24-22-21-20(18-8-6-5-7-9-18)15-27(23(21)26-16-25-22)19-12-10-17(2)11-13-19/h5-13,15-16H,3-4,14H2,1-2H3,(H,24,25,26). The van der Waals surface area contributed by atoms with Crippen molar-refractivity contribution in [3.63, 3.8) is 0 Å². The summed E-state index contributed by atoms with van der Waals surface area (Å²) in [6.45, 7) is 5.21. The molecule has 4 nitrogen and oxygen atoms in total. The van der Waals surface area contributed by atoms with E-state index in [1.54, 1.807) is 6.33 Å². The van der Waals surface area contributed by atoms with E-state index in [0.717, 1.165) is 47.5 Å². The van der Waals surface area contributed by atoms with Crippen LogP contribution < -0.4 is 5.32 Å². The van der Waals surface area contributed by atoms with Gasteiger partial charge in [0.1, 0.15) is 12.1 Å². The predicted molar refractivity (Wildman–Crippen MR) is 112 cm³/mol. The van der Waals surface area contributed by atoms with Gasteiger partial charge in [0.05, 0.1) is 5.39 Å². The van der Waals surface area contributed by atoms with Crippen LogP contribution in [0.25, 0.3) is 27.8 Å². The van der Waals surface area contributed by atoms with Crippen LogP contribution in [0, 0.1) is 6.92 Å². The minimum absolute atomic E-state index is 0.901. The molecule has 0 aliphatic heterocycles. The van der Waals surface area contributed by atoms with Gasteiger partial charge in [-0.2, -0.15) is 0 Å². The quantitative estimate of drug-likeness (QED) is 0.457. The number of anilines is 1. The summed E-state index contributed by atoms with van der Waals surface area (Å²) in [4.78, 5) is 9.18. The van der Waals surface area contributed by atoms with Gasteiger partial charge in [0.2, 0.25) is 0 Å². The Labute approximate surface area is 159 Å². The van der Waals surface area contributed by atoms with Crippen molar-refractivity contribution in [1.82, 2.24) is 14.5 Å². The molecule has 0 unspecified atom stereocenters. The molecular weight excluding hydrogens is 332 g/mol. The largest absolute Gasteiger partial charge is 0.369 e. The second-order valence-electron chi connectivity index (χ2n) is 6.82. The van der Waals surface area contributed by atoms with Crippen molar-refractivity contribution in [2.75, 3.05) is 11.9 Å². The van der Waals surface area contributed by atoms with Crippen molar-refractivity contribution >= 4 is 16.9 Å². The summed E-state index contributed by atoms with van der Waals surface area (Å²) in [5.74, 6) is 0.901. The van der Waals surface area contributed by atoms with E-state index in [4.69, 9.17) is 0 Å². The molecule has 0 radical (unpaired) electrons. The molecule has 1 N–H and O–H groups in total. The molecule has 0 saturated carbocycles. The lowest BCUT2D eigenvalue weighted by molar-refractivity contribution is 0.831. The van der Waals surface area contributed by atoms with Gasteiger partial charge in [-0.3, -0.25) is 0 Å². The Morgan fingerprint density at radius 1 is 0.963 bits per heavy atom. The lowest BCUT2D eigenvalue weighted by Crippen LogP contribution is -2.04. The van der Waals surface area contributed by atoms with Crippen LogP contribution in [-0.4, -0.2) is 21.1 Å². The van der Waals surface area contributed by atoms with Gasteiger partial charge >= 0.3 is 0 Å². The third kappa shape index (κ3) is 3.43. The van der Waals surface area contributed by atoms with Crippen molar-refractivity contribution in [3.05, 3.63) is 72.7 Å². The van der Waals surface area contributed by atoms with E-state index in [-0.39, 0.29) is 0 Å². The van der Waals surface area contributed by atoms with E-state index < -0.39 is 0 Å². The lowest BCUT2D eigenvalue weighted by atomic mass is 10.1. The molecule has 0 saturated heterocycles. The molecule has 4 aromatic rings. The van der Waals surface area contributed by atoms with Crippen LogP contribution in [0.1, 0.15) is 25.3 Å². The van der Waals surface area contributed by atoms with Crippen molar-refractivity contribution < 1.29 is 0 Å². The van der Waals surface area contributed by atoms with E-state index in [9.17, 15) is 0 Å². The van der Waals surface area contributed by atoms with Crippen LogP contribution in [0.4, 0.5) is 5.82 Å². The summed E-state index contributed by atoms with van der Waals surface area (Å²) in [6.07, 6.45) is 6.09. The number of aryl methyl sites for hydroxylation is 1. The van der Waals surface area contributed by atoms with Crippen molar-refractivity contribution in [2.24, 2.45) is 0 Å². The first-order valence-electron chi connectivity index (χ1n) is 9.50. The maximum Gasteiger partial charge on any atom is 0.150 e. The normalized spacial score (nSPS) is 11.0. The van der Waals surface area contributed by atoms with Crippen LogP contribution >= 0.6 is 0 Å². The molecule has 4 rings (SSSR count). The Balaban J connectivity index is 1.92. The van der Waals surface area contributed by atoms with Gasteiger partial charge in [-0.1, -0.05) is 61.4 Å². The van der Waals surface area contributed by atoms with E-state index in [2.05, 4.69) is 88.4 Å². The van der Waals surface area contributed by atoms with Crippen LogP contribution in [-0.2, 0) is 0 Å². The van der Waals surface area contributed by atoms with Gasteiger partial charge in [-0.15, -0.1) is 0 Å². The summed E-state index contributed by atoms with van der Waals surface area (Å²) in [7, 11) is 0. The second-order valence-corrected chi connectivity index (χ2v) is 6.82. The summed E-state index contributed by atoms with van der Waals surface area (Å²) in [5, 5.41) is 4.58. The molecule has 2 heterocycles. The number of unbranched alkanes of at least 4 members (excludes halogenated alkanes) is 1. The average Bonchev–Trinajstić information content (AvgIpc) is 3.10. The Morgan fingerprint density at radius 2 is 1.74 bits per heavy atom. The molecule has 0 amide bonds. The molecule has 0 atom stereocenters. The molecule has 27 heavy (non-hydrogen) atoms. The van der Waals surface area contributed by atoms with Crippen molar-refractivity contribution in [1.29, 1.82) is 0 Å². The van der Waals surface area contributed by atoms with Gasteiger partial charge in [-0.05, 0) is 31.0 Å². The first kappa shape index (κ1) is 17.3. The van der Waals surface area contributed by atoms with E-state index in [1.165, 1.54) is 11.1 Å². The molecule has 0 bridgehead atoms. The molecule has 0 aliphatic rings. The van der Waals surface area contributed by atoms with E-state index in [1.807, 2.05) is 6.07 Å². The highest BCUT2D eigenvalue weighted by Gasteiger charge is 2.17. The Hall–Kier alpha value is -3.14. The van der Waals surface area contributed by atoms with Gasteiger partial charge in [0.15, 0.2) is 5.65 Å². The third-order valence-corrected chi connectivity index (χ3v) is 4.80. The van der Waals surface area contributed by atoms with E-state index >= 15 is 0 Å². The highest BCUT2D eigenvalue weighted by Crippen LogP contribution is 2.35. The number of nitrogens with zero attached hydrogens (tertiary/aromatic N) is 3. The second kappa shape index (κ2) is 7.62. The van der Waals surface area contributed by atoms with Crippen molar-refractivity contribution in [2.45, 2.75) is 26.7 Å². The van der Waals surface area contributed by atoms with Crippen molar-refractivity contribution in [3.8, 4) is 16.8 Å². The number of rotatable bonds is 6. The summed E-state index contributed by atoms with van der Waals surface area (Å²) < 4.78 is 2.16. The molecule has 0 aliphatic carbocycles. The fraction of sp³-hybridized carbons (Fsp3) is 0.217. The fourth-order valence-corrected chi connectivity index (χ4v) is 3.32. The zero-order valence-corrected chi connectivity index (χ0v) is 15.8. The maximum absolute atomic E-state index is 4.63. The number of nitrogens with one attached hydrogen (secondary N) is 1. The van der Waals surface area contributed by atoms with Gasteiger partial charge in [0, 0.05) is 24.0 Å². The molecule has 2 aromatic heterocycles. The molecule has 2 aromatic carbocycles. The Morgan fingerprint density at radius 3 is 2.48 bits per heavy atom. The van der Waals surface area contributed by atoms with Gasteiger partial charge in [0.25, 0.3) is 0 Å². The monoisotopic (exact) mass is 356 g/mol. The Kier molecular flexibility index (Phi) is 4.88. The number of fused-ring (bicyclic) bond motifs is 1. The van der Waals surface area contributed by atoms with Gasteiger partial charge < -0.3 is 9.88 Å². The fourth-order valence-electron chi connectivity index (χ4n) is 3.32. The predicted octanol–water partition coefficient (Wildman–Crippen LogP) is 5.61. The SMILES string of the molecule is CCCCNc1ncnc2c1c(-c1ccccc1)cn2-c1ccc(C)cc1. The number of hydrogen-bond donors (Lipinski definition) is 1. The van der Waals surface area contributed by atoms with Gasteiger partial charge in [-0.25, -0.2) is 9.97 Å². The smallest absolute Gasteiger partial charge is 0.150 e. The maximum atomic E-state index is 4.63. The van der Waals surface area contributed by atoms with Crippen LogP contribution in [0.15, 0.2) is 67.1 Å². The Bertz CT molecular complexity index is 1030. The molecule has 4 heteroatoms. The first-order valence-corrected chi connectivity index (χ1v) is 9.50. The lowest BCUT2D eigenvalue weighted by Gasteiger charge is -2.08. The average molecular weight is 356 g/mol. The number of hydrogen-bond acceptors (Lipinski definition) is 3. The highest BCUT2D eigenvalue weighted by molar-refractivity contribution is 6.02. The third-order valence-electron chi connectivity index (χ3n) is 4.80. The molecule has 0 fully saturated rings. The molecule has 0 spiro atoms. The minimum Gasteiger partial charge on any atom is -0.369 e. The molecular formula is C23H24N4. The molecule has 136 valence electrons. The topological polar surface area (TPSA) is 42.7 Å². The first-order chi connectivity index (χ1) is 13.3. The van der Waals surface area contributed by atoms with Crippen LogP contribution in [0.5, 0.6) is 0 Å². The number of benzene rings is 2. The van der Waals surface area contributed by atoms with Crippen LogP contribution in [0.3, 0.4) is 0 Å². The number of aromatic nitrogens is 3. The highest BCUT2D eigenvalue weighted by atomic mass is 15.1. The zero-order valence-electron chi connectivity index (χ0n) is 15.8.